The van der Waals surface area contributed by atoms with Gasteiger partial charge in [0.1, 0.15) is 11.5 Å². The maximum absolute atomic E-state index is 14.5. The first-order chi connectivity index (χ1) is 22.0. The first-order valence-corrected chi connectivity index (χ1v) is 18.0. The van der Waals surface area contributed by atoms with Crippen molar-refractivity contribution in [3.05, 3.63) is 53.6 Å². The zero-order valence-corrected chi connectivity index (χ0v) is 29.5. The van der Waals surface area contributed by atoms with Gasteiger partial charge in [-0.15, -0.1) is 0 Å². The van der Waals surface area contributed by atoms with E-state index >= 15 is 0 Å². The fourth-order valence-corrected chi connectivity index (χ4v) is 12.2. The Bertz CT molecular complexity index is 1580. The normalized spacial score (nSPS) is 41.8. The molecule has 0 saturated heterocycles. The van der Waals surface area contributed by atoms with Crippen LogP contribution in [0.15, 0.2) is 46.5 Å². The van der Waals surface area contributed by atoms with Crippen molar-refractivity contribution in [1.82, 2.24) is 10.5 Å². The number of amides is 1. The van der Waals surface area contributed by atoms with Crippen molar-refractivity contribution < 1.29 is 23.9 Å². The molecule has 5 aliphatic rings. The van der Waals surface area contributed by atoms with Gasteiger partial charge in [-0.1, -0.05) is 65.3 Å². The van der Waals surface area contributed by atoms with Gasteiger partial charge < -0.3 is 20.1 Å². The summed E-state index contributed by atoms with van der Waals surface area (Å²) >= 11 is 0. The molecule has 256 valence electrons. The minimum absolute atomic E-state index is 0.0114. The lowest BCUT2D eigenvalue weighted by Crippen LogP contribution is -2.68. The molecule has 1 aromatic carbocycles. The largest absolute Gasteiger partial charge is 0.393 e. The molecule has 0 aliphatic heterocycles. The molecule has 1 aromatic heterocycles. The number of hydrogen-bond donors (Lipinski definition) is 3. The monoisotopic (exact) mass is 646 g/mol. The lowest BCUT2D eigenvalue weighted by Gasteiger charge is -2.71. The van der Waals surface area contributed by atoms with Gasteiger partial charge in [-0.25, -0.2) is 4.39 Å². The summed E-state index contributed by atoms with van der Waals surface area (Å²) in [6, 6.07) is 7.89. The van der Waals surface area contributed by atoms with Crippen molar-refractivity contribution in [3.63, 3.8) is 0 Å². The number of rotatable bonds is 4. The number of carbonyl (C=O) groups is 1. The summed E-state index contributed by atoms with van der Waals surface area (Å²) in [5, 5.41) is 30.8. The summed E-state index contributed by atoms with van der Waals surface area (Å²) in [5.74, 6) is 0.989. The van der Waals surface area contributed by atoms with Gasteiger partial charge in [-0.2, -0.15) is 0 Å². The molecule has 47 heavy (non-hydrogen) atoms. The highest BCUT2D eigenvalue weighted by Gasteiger charge is 2.71. The van der Waals surface area contributed by atoms with E-state index in [1.54, 1.807) is 18.2 Å². The zero-order chi connectivity index (χ0) is 33.8. The molecule has 3 N–H and O–H groups in total. The van der Waals surface area contributed by atoms with Crippen LogP contribution in [0, 0.1) is 56.1 Å². The molecule has 6 nitrogen and oxygen atoms in total. The molecule has 7 rings (SSSR count). The van der Waals surface area contributed by atoms with E-state index in [0.29, 0.717) is 36.1 Å². The average Bonchev–Trinajstić information content (AvgIpc) is 3.48. The maximum Gasteiger partial charge on any atom is 0.229 e. The summed E-state index contributed by atoms with van der Waals surface area (Å²) in [4.78, 5) is 14.5. The van der Waals surface area contributed by atoms with Crippen molar-refractivity contribution in [2.75, 3.05) is 0 Å². The van der Waals surface area contributed by atoms with E-state index in [9.17, 15) is 19.4 Å². The smallest absolute Gasteiger partial charge is 0.229 e. The highest BCUT2D eigenvalue weighted by molar-refractivity contribution is 5.85. The fourth-order valence-electron chi connectivity index (χ4n) is 12.2. The summed E-state index contributed by atoms with van der Waals surface area (Å²) in [6.45, 7) is 16.8. The van der Waals surface area contributed by atoms with Crippen molar-refractivity contribution in [1.29, 1.82) is 0 Å². The second kappa shape index (κ2) is 10.7. The molecular weight excluding hydrogens is 591 g/mol. The highest BCUT2D eigenvalue weighted by Crippen LogP contribution is 2.75. The van der Waals surface area contributed by atoms with Crippen LogP contribution in [0.3, 0.4) is 0 Å². The lowest BCUT2D eigenvalue weighted by molar-refractivity contribution is -0.215. The van der Waals surface area contributed by atoms with E-state index in [2.05, 4.69) is 65.0 Å². The van der Waals surface area contributed by atoms with Gasteiger partial charge in [-0.3, -0.25) is 4.79 Å². The van der Waals surface area contributed by atoms with Crippen LogP contribution in [0.25, 0.3) is 11.3 Å². The Hall–Kier alpha value is -2.51. The van der Waals surface area contributed by atoms with Crippen LogP contribution in [-0.2, 0) is 11.3 Å². The molecule has 2 aromatic rings. The zero-order valence-electron chi connectivity index (χ0n) is 29.5. The molecule has 4 fully saturated rings. The predicted octanol–water partition coefficient (Wildman–Crippen LogP) is 8.23. The van der Waals surface area contributed by atoms with Crippen LogP contribution < -0.4 is 5.32 Å². The Balaban J connectivity index is 1.20. The molecule has 4 saturated carbocycles. The van der Waals surface area contributed by atoms with Crippen molar-refractivity contribution in [2.24, 2.45) is 50.2 Å². The third-order valence-corrected chi connectivity index (χ3v) is 15.2. The molecule has 9 atom stereocenters. The van der Waals surface area contributed by atoms with Gasteiger partial charge in [0.05, 0.1) is 24.2 Å². The topological polar surface area (TPSA) is 95.6 Å². The molecule has 5 aliphatic carbocycles. The molecule has 7 heteroatoms. The van der Waals surface area contributed by atoms with Crippen molar-refractivity contribution in [2.45, 2.75) is 125 Å². The SMILES string of the molecule is CC1(C)CC[C@]2(C(=O)NCc3cc(-c4ccc(F)cc4)no3)[C@H](O)C[C@]3(C)C(=CC[C@@H]4[C@@]5(C)CC[C@H](O)C(C)(C)[C@@H]5CC[C@]43C)[C@@H]2C1. The Morgan fingerprint density at radius 2 is 1.66 bits per heavy atom. The predicted molar refractivity (Wildman–Crippen MR) is 180 cm³/mol. The van der Waals surface area contributed by atoms with E-state index in [1.165, 1.54) is 17.7 Å². The fraction of sp³-hybridized carbons (Fsp3) is 0.700. The van der Waals surface area contributed by atoms with Crippen LogP contribution in [0.5, 0.6) is 0 Å². The summed E-state index contributed by atoms with van der Waals surface area (Å²) < 4.78 is 19.0. The number of hydrogen-bond acceptors (Lipinski definition) is 5. The van der Waals surface area contributed by atoms with Crippen molar-refractivity contribution >= 4 is 5.91 Å². The standard InChI is InChI=1S/C40H55FN2O4/c1-35(2)18-19-40(34(46)42-23-26-20-29(43-47-26)24-8-10-25(41)11-9-24)28(21-35)27-12-13-31-37(5)16-15-32(44)36(3,4)30(37)14-17-38(31,6)39(27,7)22-33(40)45/h8-12,20,28,30-33,44-45H,13-19,21-23H2,1-7H3,(H,42,46)/t28-,30-,31+,32-,33+,37-,38+,39+,40+/m0/s1. The number of aliphatic hydroxyl groups excluding tert-OH is 2. The Morgan fingerprint density at radius 1 is 0.936 bits per heavy atom. The number of allylic oxidation sites excluding steroid dienone is 2. The molecule has 0 bridgehead atoms. The molecular formula is C40H55FN2O4. The number of aromatic nitrogens is 1. The lowest BCUT2D eigenvalue weighted by atomic mass is 9.33. The van der Waals surface area contributed by atoms with Gasteiger partial charge >= 0.3 is 0 Å². The first-order valence-electron chi connectivity index (χ1n) is 18.0. The van der Waals surface area contributed by atoms with Crippen LogP contribution >= 0.6 is 0 Å². The third kappa shape index (κ3) is 4.68. The van der Waals surface area contributed by atoms with Crippen LogP contribution in [-0.4, -0.2) is 33.5 Å². The van der Waals surface area contributed by atoms with Crippen LogP contribution in [0.2, 0.25) is 0 Å². The summed E-state index contributed by atoms with van der Waals surface area (Å²) in [5.41, 5.74) is 1.67. The van der Waals surface area contributed by atoms with E-state index in [0.717, 1.165) is 50.5 Å². The average molecular weight is 647 g/mol. The highest BCUT2D eigenvalue weighted by atomic mass is 19.1. The number of halogens is 1. The van der Waals surface area contributed by atoms with Gasteiger partial charge in [0.15, 0.2) is 5.76 Å². The Morgan fingerprint density at radius 3 is 2.38 bits per heavy atom. The van der Waals surface area contributed by atoms with Gasteiger partial charge in [-0.05, 0) is 127 Å². The number of carbonyl (C=O) groups excluding carboxylic acids is 1. The number of nitrogens with zero attached hydrogens (tertiary/aromatic N) is 1. The first kappa shape index (κ1) is 33.0. The minimum Gasteiger partial charge on any atom is -0.393 e. The molecule has 0 spiro atoms. The van der Waals surface area contributed by atoms with E-state index in [4.69, 9.17) is 4.52 Å². The summed E-state index contributed by atoms with van der Waals surface area (Å²) in [6.07, 6.45) is 9.52. The second-order valence-electron chi connectivity index (χ2n) is 18.2. The molecule has 0 radical (unpaired) electrons. The second-order valence-corrected chi connectivity index (χ2v) is 18.2. The maximum atomic E-state index is 14.5. The van der Waals surface area contributed by atoms with E-state index < -0.39 is 11.5 Å². The Labute approximate surface area is 280 Å². The van der Waals surface area contributed by atoms with Gasteiger partial charge in [0.25, 0.3) is 0 Å². The molecule has 1 amide bonds. The minimum atomic E-state index is -0.901. The number of benzene rings is 1. The van der Waals surface area contributed by atoms with E-state index in [-0.39, 0.29) is 57.4 Å². The van der Waals surface area contributed by atoms with Crippen LogP contribution in [0.4, 0.5) is 4.39 Å². The van der Waals surface area contributed by atoms with Gasteiger partial charge in [0, 0.05) is 11.6 Å². The van der Waals surface area contributed by atoms with Crippen LogP contribution in [0.1, 0.15) is 112 Å². The summed E-state index contributed by atoms with van der Waals surface area (Å²) in [7, 11) is 0. The Kier molecular flexibility index (Phi) is 7.55. The quantitative estimate of drug-likeness (QED) is 0.291. The number of aliphatic hydroxyl groups is 2. The number of nitrogens with one attached hydrogen (secondary N) is 1. The third-order valence-electron chi connectivity index (χ3n) is 15.2. The van der Waals surface area contributed by atoms with E-state index in [1.807, 2.05) is 0 Å². The van der Waals surface area contributed by atoms with Crippen molar-refractivity contribution in [3.8, 4) is 11.3 Å². The van der Waals surface area contributed by atoms with Gasteiger partial charge in [0.2, 0.25) is 5.91 Å². The molecule has 0 unspecified atom stereocenters. The number of fused-ring (bicyclic) bond motifs is 7. The molecule has 1 heterocycles.